The Labute approximate surface area is 113 Å². The normalized spacial score (nSPS) is 21.1. The summed E-state index contributed by atoms with van der Waals surface area (Å²) in [6.07, 6.45) is 1.93. The van der Waals surface area contributed by atoms with Gasteiger partial charge >= 0.3 is 0 Å². The van der Waals surface area contributed by atoms with Gasteiger partial charge in [0.1, 0.15) is 0 Å². The minimum absolute atomic E-state index is 0.0263. The Morgan fingerprint density at radius 3 is 2.78 bits per heavy atom. The Hall–Kier alpha value is -0.420. The summed E-state index contributed by atoms with van der Waals surface area (Å²) in [5.41, 5.74) is 0.0263. The molecule has 1 saturated heterocycles. The van der Waals surface area contributed by atoms with Crippen LogP contribution >= 0.6 is 11.3 Å². The third-order valence-electron chi connectivity index (χ3n) is 4.09. The lowest BCUT2D eigenvalue weighted by atomic mass is 9.80. The fourth-order valence-corrected chi connectivity index (χ4v) is 3.43. The Morgan fingerprint density at radius 1 is 1.50 bits per heavy atom. The molecule has 3 nitrogen and oxygen atoms in total. The van der Waals surface area contributed by atoms with Gasteiger partial charge in [0.05, 0.1) is 6.61 Å². The van der Waals surface area contributed by atoms with Gasteiger partial charge < -0.3 is 9.84 Å². The second-order valence-corrected chi connectivity index (χ2v) is 6.36. The van der Waals surface area contributed by atoms with E-state index in [0.717, 1.165) is 32.6 Å². The first-order valence-corrected chi connectivity index (χ1v) is 7.47. The number of hydrogen-bond donors (Lipinski definition) is 1. The maximum absolute atomic E-state index is 9.72. The van der Waals surface area contributed by atoms with E-state index in [-0.39, 0.29) is 12.0 Å². The minimum Gasteiger partial charge on any atom is -0.396 e. The fraction of sp³-hybridized carbons (Fsp3) is 0.714. The van der Waals surface area contributed by atoms with Crippen molar-refractivity contribution in [1.29, 1.82) is 0 Å². The van der Waals surface area contributed by atoms with E-state index in [4.69, 9.17) is 4.74 Å². The molecular formula is C14H23NO2S. The molecule has 1 fully saturated rings. The smallest absolute Gasteiger partial charge is 0.0501 e. The number of rotatable bonds is 5. The molecule has 18 heavy (non-hydrogen) atoms. The number of aliphatic hydroxyl groups is 1. The maximum atomic E-state index is 9.72. The monoisotopic (exact) mass is 269 g/mol. The zero-order valence-electron chi connectivity index (χ0n) is 11.3. The van der Waals surface area contributed by atoms with E-state index in [0.29, 0.717) is 6.04 Å². The molecule has 1 aliphatic rings. The first kappa shape index (κ1) is 14.0. The lowest BCUT2D eigenvalue weighted by Crippen LogP contribution is -2.43. The third-order valence-corrected chi connectivity index (χ3v) is 5.13. The van der Waals surface area contributed by atoms with E-state index < -0.39 is 0 Å². The van der Waals surface area contributed by atoms with Crippen LogP contribution in [0, 0.1) is 5.41 Å². The van der Waals surface area contributed by atoms with Crippen molar-refractivity contribution in [2.24, 2.45) is 5.41 Å². The van der Waals surface area contributed by atoms with Crippen molar-refractivity contribution in [3.63, 3.8) is 0 Å². The largest absolute Gasteiger partial charge is 0.396 e. The van der Waals surface area contributed by atoms with Gasteiger partial charge in [-0.15, -0.1) is 11.3 Å². The number of nitrogens with zero attached hydrogens (tertiary/aromatic N) is 1. The van der Waals surface area contributed by atoms with Gasteiger partial charge in [-0.1, -0.05) is 6.07 Å². The van der Waals surface area contributed by atoms with Crippen LogP contribution in [0.5, 0.6) is 0 Å². The highest BCUT2D eigenvalue weighted by Crippen LogP contribution is 2.33. The highest BCUT2D eigenvalue weighted by atomic mass is 32.1. The van der Waals surface area contributed by atoms with Gasteiger partial charge in [-0.05, 0) is 38.3 Å². The van der Waals surface area contributed by atoms with Crippen LogP contribution in [0.2, 0.25) is 0 Å². The molecule has 0 aliphatic carbocycles. The molecule has 102 valence electrons. The molecule has 1 atom stereocenters. The molecule has 1 aromatic rings. The van der Waals surface area contributed by atoms with Crippen molar-refractivity contribution in [2.45, 2.75) is 25.8 Å². The standard InChI is InChI=1S/C14H23NO2S/c1-12(13-4-3-9-18-13)15(2)10-14(11-16)5-7-17-8-6-14/h3-4,9,12,16H,5-8,10-11H2,1-2H3. The van der Waals surface area contributed by atoms with E-state index >= 15 is 0 Å². The van der Waals surface area contributed by atoms with Crippen molar-refractivity contribution in [1.82, 2.24) is 4.90 Å². The molecule has 4 heteroatoms. The fourth-order valence-electron chi connectivity index (χ4n) is 2.58. The van der Waals surface area contributed by atoms with Crippen LogP contribution in [0.1, 0.15) is 30.7 Å². The summed E-state index contributed by atoms with van der Waals surface area (Å²) in [5, 5.41) is 11.8. The lowest BCUT2D eigenvalue weighted by molar-refractivity contribution is -0.0353. The van der Waals surface area contributed by atoms with Gasteiger partial charge in [0.25, 0.3) is 0 Å². The van der Waals surface area contributed by atoms with Gasteiger partial charge in [-0.25, -0.2) is 0 Å². The van der Waals surface area contributed by atoms with Crippen molar-refractivity contribution in [2.75, 3.05) is 33.4 Å². The SMILES string of the molecule is CC(c1cccs1)N(C)CC1(CO)CCOCC1. The van der Waals surface area contributed by atoms with Gasteiger partial charge in [0, 0.05) is 36.1 Å². The first-order valence-electron chi connectivity index (χ1n) is 6.59. The quantitative estimate of drug-likeness (QED) is 0.891. The highest BCUT2D eigenvalue weighted by molar-refractivity contribution is 7.10. The molecule has 0 radical (unpaired) electrons. The van der Waals surface area contributed by atoms with Crippen LogP contribution in [0.3, 0.4) is 0 Å². The van der Waals surface area contributed by atoms with E-state index in [1.54, 1.807) is 11.3 Å². The topological polar surface area (TPSA) is 32.7 Å². The van der Waals surface area contributed by atoms with Crippen LogP contribution in [0.4, 0.5) is 0 Å². The predicted octanol–water partition coefficient (Wildman–Crippen LogP) is 2.53. The van der Waals surface area contributed by atoms with Gasteiger partial charge in [0.2, 0.25) is 0 Å². The van der Waals surface area contributed by atoms with Crippen molar-refractivity contribution >= 4 is 11.3 Å². The van der Waals surface area contributed by atoms with Crippen molar-refractivity contribution in [3.8, 4) is 0 Å². The average molecular weight is 269 g/mol. The Balaban J connectivity index is 1.98. The van der Waals surface area contributed by atoms with E-state index in [2.05, 4.69) is 36.4 Å². The van der Waals surface area contributed by atoms with Crippen molar-refractivity contribution < 1.29 is 9.84 Å². The molecule has 0 amide bonds. The van der Waals surface area contributed by atoms with Gasteiger partial charge in [-0.2, -0.15) is 0 Å². The predicted molar refractivity (Wildman–Crippen MR) is 74.9 cm³/mol. The maximum Gasteiger partial charge on any atom is 0.0501 e. The molecule has 1 aliphatic heterocycles. The zero-order valence-corrected chi connectivity index (χ0v) is 12.1. The van der Waals surface area contributed by atoms with Gasteiger partial charge in [0.15, 0.2) is 0 Å². The van der Waals surface area contributed by atoms with Crippen LogP contribution in [0.15, 0.2) is 17.5 Å². The summed E-state index contributed by atoms with van der Waals surface area (Å²) in [4.78, 5) is 3.74. The summed E-state index contributed by atoms with van der Waals surface area (Å²) in [6, 6.07) is 4.69. The Kier molecular flexibility index (Phi) is 4.78. The number of aliphatic hydroxyl groups excluding tert-OH is 1. The molecule has 0 bridgehead atoms. The van der Waals surface area contributed by atoms with E-state index in [9.17, 15) is 5.11 Å². The van der Waals surface area contributed by atoms with E-state index in [1.165, 1.54) is 4.88 Å². The van der Waals surface area contributed by atoms with Crippen LogP contribution in [0.25, 0.3) is 0 Å². The second-order valence-electron chi connectivity index (χ2n) is 5.38. The zero-order chi connectivity index (χ0) is 13.0. The molecule has 0 aromatic carbocycles. The first-order chi connectivity index (χ1) is 8.67. The molecule has 2 rings (SSSR count). The van der Waals surface area contributed by atoms with Crippen molar-refractivity contribution in [3.05, 3.63) is 22.4 Å². The molecule has 1 unspecified atom stereocenters. The van der Waals surface area contributed by atoms with Crippen LogP contribution in [-0.2, 0) is 4.74 Å². The van der Waals surface area contributed by atoms with Crippen LogP contribution in [-0.4, -0.2) is 43.4 Å². The average Bonchev–Trinajstić information content (AvgIpc) is 2.92. The molecular weight excluding hydrogens is 246 g/mol. The molecule has 2 heterocycles. The van der Waals surface area contributed by atoms with Crippen LogP contribution < -0.4 is 0 Å². The molecule has 0 spiro atoms. The Morgan fingerprint density at radius 2 is 2.22 bits per heavy atom. The molecule has 0 saturated carbocycles. The van der Waals surface area contributed by atoms with E-state index in [1.807, 2.05) is 0 Å². The van der Waals surface area contributed by atoms with Gasteiger partial charge in [-0.3, -0.25) is 4.90 Å². The third kappa shape index (κ3) is 3.12. The number of thiophene rings is 1. The Bertz CT molecular complexity index is 347. The summed E-state index contributed by atoms with van der Waals surface area (Å²) in [7, 11) is 2.15. The minimum atomic E-state index is 0.0263. The molecule has 1 aromatic heterocycles. The second kappa shape index (κ2) is 6.15. The summed E-state index contributed by atoms with van der Waals surface area (Å²) < 4.78 is 5.41. The highest BCUT2D eigenvalue weighted by Gasteiger charge is 2.34. The summed E-state index contributed by atoms with van der Waals surface area (Å²) >= 11 is 1.80. The number of hydrogen-bond acceptors (Lipinski definition) is 4. The summed E-state index contributed by atoms with van der Waals surface area (Å²) in [5.74, 6) is 0. The number of ether oxygens (including phenoxy) is 1. The molecule has 1 N–H and O–H groups in total. The summed E-state index contributed by atoms with van der Waals surface area (Å²) in [6.45, 7) is 4.99. The lowest BCUT2D eigenvalue weighted by Gasteiger charge is -2.40.